The lowest BCUT2D eigenvalue weighted by Gasteiger charge is -2.29. The molecule has 4 rings (SSSR count). The summed E-state index contributed by atoms with van der Waals surface area (Å²) in [6.45, 7) is 0.650. The van der Waals surface area contributed by atoms with Gasteiger partial charge in [0.25, 0.3) is 5.91 Å². The van der Waals surface area contributed by atoms with Crippen LogP contribution in [-0.2, 0) is 20.7 Å². The number of fused-ring (bicyclic) bond motifs is 1. The van der Waals surface area contributed by atoms with Gasteiger partial charge in [0, 0.05) is 31.0 Å². The first-order chi connectivity index (χ1) is 15.1. The molecule has 0 aliphatic carbocycles. The summed E-state index contributed by atoms with van der Waals surface area (Å²) >= 11 is 1.60. The van der Waals surface area contributed by atoms with Gasteiger partial charge in [0.2, 0.25) is 5.91 Å². The number of nitrogens with zero attached hydrogens (tertiary/aromatic N) is 2. The molecule has 1 aliphatic rings. The number of anilines is 1. The molecular formula is C23H23N3O4S. The van der Waals surface area contributed by atoms with E-state index in [1.807, 2.05) is 41.8 Å². The highest BCUT2D eigenvalue weighted by atomic mass is 32.1. The van der Waals surface area contributed by atoms with E-state index in [2.05, 4.69) is 17.4 Å². The van der Waals surface area contributed by atoms with Gasteiger partial charge >= 0.3 is 0 Å². The zero-order valence-corrected chi connectivity index (χ0v) is 18.0. The van der Waals surface area contributed by atoms with E-state index < -0.39 is 0 Å². The summed E-state index contributed by atoms with van der Waals surface area (Å²) in [7, 11) is 1.57. The van der Waals surface area contributed by atoms with Crippen molar-refractivity contribution in [2.24, 2.45) is 0 Å². The van der Waals surface area contributed by atoms with Crippen molar-refractivity contribution in [3.63, 3.8) is 0 Å². The third kappa shape index (κ3) is 5.10. The highest BCUT2D eigenvalue weighted by Crippen LogP contribution is 2.36. The number of nitrogens with one attached hydrogen (secondary N) is 1. The first kappa shape index (κ1) is 21.0. The van der Waals surface area contributed by atoms with Crippen molar-refractivity contribution < 1.29 is 19.1 Å². The first-order valence-electron chi connectivity index (χ1n) is 9.95. The summed E-state index contributed by atoms with van der Waals surface area (Å²) in [4.78, 5) is 30.9. The van der Waals surface area contributed by atoms with E-state index in [0.29, 0.717) is 24.6 Å². The zero-order chi connectivity index (χ0) is 21.6. The van der Waals surface area contributed by atoms with E-state index in [9.17, 15) is 9.59 Å². The Balaban J connectivity index is 1.53. The summed E-state index contributed by atoms with van der Waals surface area (Å²) in [5.41, 5.74) is 3.49. The zero-order valence-electron chi connectivity index (χ0n) is 17.2. The maximum atomic E-state index is 12.5. The van der Waals surface area contributed by atoms with Gasteiger partial charge in [-0.3, -0.25) is 14.5 Å². The number of methoxy groups -OCH3 is 1. The Kier molecular flexibility index (Phi) is 6.59. The molecule has 0 fully saturated rings. The second-order valence-electron chi connectivity index (χ2n) is 7.08. The lowest BCUT2D eigenvalue weighted by molar-refractivity contribution is -0.125. The topological polar surface area (TPSA) is 80.8 Å². The predicted octanol–water partition coefficient (Wildman–Crippen LogP) is 2.89. The van der Waals surface area contributed by atoms with Crippen molar-refractivity contribution in [3.8, 4) is 17.0 Å². The first-order valence-corrected chi connectivity index (χ1v) is 10.8. The van der Waals surface area contributed by atoms with E-state index in [1.54, 1.807) is 18.4 Å². The molecule has 0 unspecified atom stereocenters. The molecule has 0 saturated carbocycles. The fourth-order valence-electron chi connectivity index (χ4n) is 3.32. The van der Waals surface area contributed by atoms with Crippen LogP contribution in [0.3, 0.4) is 0 Å². The molecule has 8 heteroatoms. The number of thiazole rings is 1. The second kappa shape index (κ2) is 9.72. The summed E-state index contributed by atoms with van der Waals surface area (Å²) < 4.78 is 10.5. The Morgan fingerprint density at radius 2 is 2.10 bits per heavy atom. The number of carbonyl (C=O) groups is 2. The van der Waals surface area contributed by atoms with Gasteiger partial charge in [-0.05, 0) is 23.8 Å². The van der Waals surface area contributed by atoms with E-state index in [4.69, 9.17) is 14.5 Å². The SMILES string of the molecule is COCCNC(=O)CN1C(=O)COc2ccc(-c3csc(Cc4ccccc4)n3)cc21. The van der Waals surface area contributed by atoms with Crippen LogP contribution in [0.5, 0.6) is 5.75 Å². The summed E-state index contributed by atoms with van der Waals surface area (Å²) in [6, 6.07) is 15.8. The van der Waals surface area contributed by atoms with Crippen molar-refractivity contribution in [3.05, 3.63) is 64.5 Å². The van der Waals surface area contributed by atoms with Crippen molar-refractivity contribution >= 4 is 28.8 Å². The monoisotopic (exact) mass is 437 g/mol. The maximum Gasteiger partial charge on any atom is 0.265 e. The molecule has 2 amide bonds. The van der Waals surface area contributed by atoms with Gasteiger partial charge in [-0.2, -0.15) is 0 Å². The maximum absolute atomic E-state index is 12.5. The summed E-state index contributed by atoms with van der Waals surface area (Å²) in [5, 5.41) is 5.77. The van der Waals surface area contributed by atoms with Crippen LogP contribution in [0.15, 0.2) is 53.9 Å². The standard InChI is InChI=1S/C23H23N3O4S/c1-29-10-9-24-21(27)13-26-19-12-17(7-8-20(19)30-14-23(26)28)18-15-31-22(25-18)11-16-5-3-2-4-6-16/h2-8,12,15H,9-11,13-14H2,1H3,(H,24,27). The van der Waals surface area contributed by atoms with Gasteiger partial charge in [0.15, 0.2) is 6.61 Å². The lowest BCUT2D eigenvalue weighted by atomic mass is 10.1. The number of carbonyl (C=O) groups excluding carboxylic acids is 2. The Hall–Kier alpha value is -3.23. The number of ether oxygens (including phenoxy) is 2. The molecule has 1 aliphatic heterocycles. The van der Waals surface area contributed by atoms with E-state index in [-0.39, 0.29) is 25.0 Å². The fourth-order valence-corrected chi connectivity index (χ4v) is 4.16. The third-order valence-corrected chi connectivity index (χ3v) is 5.73. The van der Waals surface area contributed by atoms with Crippen molar-refractivity contribution in [2.45, 2.75) is 6.42 Å². The molecular weight excluding hydrogens is 414 g/mol. The number of benzene rings is 2. The average Bonchev–Trinajstić information content (AvgIpc) is 3.25. The highest BCUT2D eigenvalue weighted by Gasteiger charge is 2.28. The van der Waals surface area contributed by atoms with Gasteiger partial charge in [-0.25, -0.2) is 4.98 Å². The van der Waals surface area contributed by atoms with Crippen LogP contribution >= 0.6 is 11.3 Å². The van der Waals surface area contributed by atoms with Crippen LogP contribution in [0.1, 0.15) is 10.6 Å². The quantitative estimate of drug-likeness (QED) is 0.548. The molecule has 0 atom stereocenters. The van der Waals surface area contributed by atoms with Gasteiger partial charge in [-0.1, -0.05) is 30.3 Å². The van der Waals surface area contributed by atoms with Gasteiger partial charge in [0.1, 0.15) is 12.3 Å². The normalized spacial score (nSPS) is 12.9. The Morgan fingerprint density at radius 1 is 1.26 bits per heavy atom. The van der Waals surface area contributed by atoms with Gasteiger partial charge in [0.05, 0.1) is 23.0 Å². The molecule has 0 saturated heterocycles. The molecule has 2 heterocycles. The van der Waals surface area contributed by atoms with Crippen LogP contribution in [0, 0.1) is 0 Å². The molecule has 2 aromatic carbocycles. The molecule has 160 valence electrons. The van der Waals surface area contributed by atoms with Crippen LogP contribution < -0.4 is 15.0 Å². The Labute approximate surface area is 184 Å². The van der Waals surface area contributed by atoms with Crippen LogP contribution in [0.2, 0.25) is 0 Å². The molecule has 1 aromatic heterocycles. The van der Waals surface area contributed by atoms with E-state index in [0.717, 1.165) is 22.7 Å². The van der Waals surface area contributed by atoms with Crippen molar-refractivity contribution in [1.29, 1.82) is 0 Å². The summed E-state index contributed by atoms with van der Waals surface area (Å²) in [6.07, 6.45) is 0.770. The van der Waals surface area contributed by atoms with Gasteiger partial charge < -0.3 is 14.8 Å². The van der Waals surface area contributed by atoms with Crippen molar-refractivity contribution in [2.75, 3.05) is 38.3 Å². The number of hydrogen-bond acceptors (Lipinski definition) is 6. The molecule has 0 spiro atoms. The highest BCUT2D eigenvalue weighted by molar-refractivity contribution is 7.10. The smallest absolute Gasteiger partial charge is 0.265 e. The predicted molar refractivity (Wildman–Crippen MR) is 120 cm³/mol. The Morgan fingerprint density at radius 3 is 2.90 bits per heavy atom. The van der Waals surface area contributed by atoms with Crippen LogP contribution in [-0.4, -0.2) is 50.2 Å². The van der Waals surface area contributed by atoms with Gasteiger partial charge in [-0.15, -0.1) is 11.3 Å². The number of rotatable bonds is 8. The van der Waals surface area contributed by atoms with E-state index in [1.165, 1.54) is 10.5 Å². The summed E-state index contributed by atoms with van der Waals surface area (Å²) in [5.74, 6) is 0.0739. The molecule has 0 radical (unpaired) electrons. The molecule has 1 N–H and O–H groups in total. The Bertz CT molecular complexity index is 1070. The average molecular weight is 438 g/mol. The molecule has 3 aromatic rings. The van der Waals surface area contributed by atoms with Crippen LogP contribution in [0.25, 0.3) is 11.3 Å². The minimum absolute atomic E-state index is 0.0708. The lowest BCUT2D eigenvalue weighted by Crippen LogP contribution is -2.45. The number of amides is 2. The third-order valence-electron chi connectivity index (χ3n) is 4.88. The number of hydrogen-bond donors (Lipinski definition) is 1. The largest absolute Gasteiger partial charge is 0.482 e. The number of aromatic nitrogens is 1. The van der Waals surface area contributed by atoms with Crippen molar-refractivity contribution in [1.82, 2.24) is 10.3 Å². The molecule has 0 bridgehead atoms. The fraction of sp³-hybridized carbons (Fsp3) is 0.261. The van der Waals surface area contributed by atoms with E-state index >= 15 is 0 Å². The minimum atomic E-state index is -0.255. The second-order valence-corrected chi connectivity index (χ2v) is 8.03. The molecule has 7 nitrogen and oxygen atoms in total. The molecule has 31 heavy (non-hydrogen) atoms. The van der Waals surface area contributed by atoms with Crippen LogP contribution in [0.4, 0.5) is 5.69 Å². The minimum Gasteiger partial charge on any atom is -0.482 e.